The Morgan fingerprint density at radius 1 is 1.73 bits per heavy atom. The van der Waals surface area contributed by atoms with Crippen LogP contribution in [0.2, 0.25) is 0 Å². The van der Waals surface area contributed by atoms with Gasteiger partial charge in [0.15, 0.2) is 0 Å². The third-order valence-corrected chi connectivity index (χ3v) is 2.62. The minimum atomic E-state index is 0.479. The molecule has 0 aromatic carbocycles. The summed E-state index contributed by atoms with van der Waals surface area (Å²) in [5.41, 5.74) is 2.11. The number of thiazole rings is 1. The van der Waals surface area contributed by atoms with Crippen LogP contribution in [0.5, 0.6) is 0 Å². The van der Waals surface area contributed by atoms with Crippen LogP contribution >= 0.6 is 11.3 Å². The number of hydrogen-bond donors (Lipinski definition) is 2. The van der Waals surface area contributed by atoms with E-state index in [9.17, 15) is 0 Å². The van der Waals surface area contributed by atoms with Crippen molar-refractivity contribution in [3.05, 3.63) is 16.1 Å². The molecule has 0 unspecified atom stereocenters. The summed E-state index contributed by atoms with van der Waals surface area (Å²) in [6.45, 7) is 4.70. The number of nitrogens with one attached hydrogen (secondary N) is 1. The molecule has 1 rings (SSSR count). The number of aromatic nitrogens is 1. The van der Waals surface area contributed by atoms with Crippen LogP contribution in [0.4, 0.5) is 0 Å². The van der Waals surface area contributed by atoms with E-state index in [1.165, 1.54) is 0 Å². The van der Waals surface area contributed by atoms with Gasteiger partial charge in [-0.2, -0.15) is 0 Å². The predicted molar refractivity (Wildman–Crippen MR) is 44.8 cm³/mol. The topological polar surface area (TPSA) is 45.2 Å². The molecular formula is C7H12N2OS. The highest BCUT2D eigenvalue weighted by atomic mass is 32.1. The highest BCUT2D eigenvalue weighted by molar-refractivity contribution is 7.11. The fourth-order valence-electron chi connectivity index (χ4n) is 0.749. The summed E-state index contributed by atoms with van der Waals surface area (Å²) in [6, 6.07) is 0. The van der Waals surface area contributed by atoms with Crippen LogP contribution in [0.1, 0.15) is 29.7 Å². The van der Waals surface area contributed by atoms with Gasteiger partial charge in [-0.3, -0.25) is 0 Å². The Morgan fingerprint density at radius 3 is 2.91 bits per heavy atom. The monoisotopic (exact) mass is 172 g/mol. The second kappa shape index (κ2) is 3.80. The molecule has 3 nitrogen and oxygen atoms in total. The van der Waals surface area contributed by atoms with Gasteiger partial charge in [0.25, 0.3) is 0 Å². The van der Waals surface area contributed by atoms with Gasteiger partial charge in [-0.1, -0.05) is 13.8 Å². The number of hydroxylamine groups is 1. The first-order valence-corrected chi connectivity index (χ1v) is 4.37. The molecule has 1 aromatic heterocycles. The van der Waals surface area contributed by atoms with Crippen molar-refractivity contribution < 1.29 is 5.21 Å². The van der Waals surface area contributed by atoms with Gasteiger partial charge >= 0.3 is 0 Å². The molecule has 62 valence electrons. The van der Waals surface area contributed by atoms with Crippen LogP contribution in [0.25, 0.3) is 0 Å². The molecule has 4 heteroatoms. The maximum Gasteiger partial charge on any atom is 0.0953 e. The number of hydrogen-bond acceptors (Lipinski definition) is 4. The highest BCUT2D eigenvalue weighted by Gasteiger charge is 2.04. The van der Waals surface area contributed by atoms with Crippen molar-refractivity contribution >= 4 is 11.3 Å². The molecule has 0 bridgehead atoms. The molecule has 1 aromatic rings. The molecule has 0 aliphatic heterocycles. The largest absolute Gasteiger partial charge is 0.316 e. The van der Waals surface area contributed by atoms with Crippen molar-refractivity contribution in [2.45, 2.75) is 26.3 Å². The van der Waals surface area contributed by atoms with E-state index in [1.807, 2.05) is 0 Å². The van der Waals surface area contributed by atoms with E-state index in [0.717, 1.165) is 9.88 Å². The predicted octanol–water partition coefficient (Wildman–Crippen LogP) is 1.75. The average Bonchev–Trinajstić information content (AvgIpc) is 2.37. The minimum Gasteiger partial charge on any atom is -0.316 e. The summed E-state index contributed by atoms with van der Waals surface area (Å²) < 4.78 is 0. The van der Waals surface area contributed by atoms with E-state index < -0.39 is 0 Å². The molecule has 0 saturated heterocycles. The summed E-state index contributed by atoms with van der Waals surface area (Å²) in [7, 11) is 0. The van der Waals surface area contributed by atoms with Crippen molar-refractivity contribution in [3.8, 4) is 0 Å². The third kappa shape index (κ3) is 2.25. The van der Waals surface area contributed by atoms with Gasteiger partial charge in [0.2, 0.25) is 0 Å². The molecule has 0 aliphatic carbocycles. The molecule has 0 spiro atoms. The zero-order valence-electron chi connectivity index (χ0n) is 6.66. The lowest BCUT2D eigenvalue weighted by Gasteiger charge is -1.95. The fourth-order valence-corrected chi connectivity index (χ4v) is 1.60. The minimum absolute atomic E-state index is 0.479. The normalized spacial score (nSPS) is 10.9. The molecule has 0 fully saturated rings. The highest BCUT2D eigenvalue weighted by Crippen LogP contribution is 2.20. The molecule has 2 N–H and O–H groups in total. The molecule has 1 heterocycles. The standard InChI is InChI=1S/C7H12N2OS/c1-5(2)7-8-3-6(11-7)4-9-10/h3,5,9-10H,4H2,1-2H3. The molecule has 11 heavy (non-hydrogen) atoms. The van der Waals surface area contributed by atoms with Crippen LogP contribution in [0.3, 0.4) is 0 Å². The van der Waals surface area contributed by atoms with E-state index in [1.54, 1.807) is 17.5 Å². The molecule has 0 radical (unpaired) electrons. The zero-order valence-corrected chi connectivity index (χ0v) is 7.48. The van der Waals surface area contributed by atoms with Gasteiger partial charge in [-0.25, -0.2) is 10.5 Å². The Balaban J connectivity index is 2.66. The average molecular weight is 172 g/mol. The van der Waals surface area contributed by atoms with Crippen molar-refractivity contribution in [3.63, 3.8) is 0 Å². The van der Waals surface area contributed by atoms with Crippen molar-refractivity contribution in [1.29, 1.82) is 0 Å². The molecule has 0 aliphatic rings. The van der Waals surface area contributed by atoms with E-state index in [2.05, 4.69) is 24.3 Å². The van der Waals surface area contributed by atoms with E-state index in [-0.39, 0.29) is 0 Å². The Morgan fingerprint density at radius 2 is 2.45 bits per heavy atom. The van der Waals surface area contributed by atoms with Crippen molar-refractivity contribution in [1.82, 2.24) is 10.5 Å². The van der Waals surface area contributed by atoms with Gasteiger partial charge in [0, 0.05) is 17.0 Å². The summed E-state index contributed by atoms with van der Waals surface area (Å²) in [5.74, 6) is 0.479. The quantitative estimate of drug-likeness (QED) is 0.683. The SMILES string of the molecule is CC(C)c1ncc(CNO)s1. The lowest BCUT2D eigenvalue weighted by molar-refractivity contribution is 0.162. The Kier molecular flexibility index (Phi) is 2.99. The first-order valence-electron chi connectivity index (χ1n) is 3.55. The molecule has 0 atom stereocenters. The Labute approximate surface area is 70.0 Å². The van der Waals surface area contributed by atoms with Crippen molar-refractivity contribution in [2.24, 2.45) is 0 Å². The van der Waals surface area contributed by atoms with E-state index in [0.29, 0.717) is 12.5 Å². The van der Waals surface area contributed by atoms with Gasteiger partial charge in [-0.05, 0) is 0 Å². The summed E-state index contributed by atoms with van der Waals surface area (Å²) in [6.07, 6.45) is 1.79. The second-order valence-electron chi connectivity index (χ2n) is 2.65. The Bertz CT molecular complexity index is 222. The van der Waals surface area contributed by atoms with Gasteiger partial charge in [-0.15, -0.1) is 11.3 Å². The number of rotatable bonds is 3. The maximum atomic E-state index is 8.40. The van der Waals surface area contributed by atoms with E-state index in [4.69, 9.17) is 5.21 Å². The summed E-state index contributed by atoms with van der Waals surface area (Å²) in [5, 5.41) is 9.52. The van der Waals surface area contributed by atoms with Crippen LogP contribution in [0.15, 0.2) is 6.20 Å². The Hall–Kier alpha value is -0.450. The second-order valence-corrected chi connectivity index (χ2v) is 3.80. The van der Waals surface area contributed by atoms with Crippen LogP contribution in [-0.4, -0.2) is 10.2 Å². The maximum absolute atomic E-state index is 8.40. The first kappa shape index (κ1) is 8.64. The number of nitrogens with zero attached hydrogens (tertiary/aromatic N) is 1. The van der Waals surface area contributed by atoms with Crippen LogP contribution < -0.4 is 5.48 Å². The lowest BCUT2D eigenvalue weighted by atomic mass is 10.2. The van der Waals surface area contributed by atoms with E-state index >= 15 is 0 Å². The van der Waals surface area contributed by atoms with Gasteiger partial charge in [0.1, 0.15) is 0 Å². The van der Waals surface area contributed by atoms with Gasteiger partial charge < -0.3 is 5.21 Å². The first-order chi connectivity index (χ1) is 5.24. The lowest BCUT2D eigenvalue weighted by Crippen LogP contribution is -2.03. The van der Waals surface area contributed by atoms with Crippen LogP contribution in [-0.2, 0) is 6.54 Å². The zero-order chi connectivity index (χ0) is 8.27. The fraction of sp³-hybridized carbons (Fsp3) is 0.571. The molecule has 0 saturated carbocycles. The summed E-state index contributed by atoms with van der Waals surface area (Å²) >= 11 is 1.63. The van der Waals surface area contributed by atoms with Crippen molar-refractivity contribution in [2.75, 3.05) is 0 Å². The van der Waals surface area contributed by atoms with Gasteiger partial charge in [0.05, 0.1) is 11.6 Å². The molecule has 0 amide bonds. The third-order valence-electron chi connectivity index (χ3n) is 1.32. The smallest absolute Gasteiger partial charge is 0.0953 e. The summed E-state index contributed by atoms with van der Waals surface area (Å²) in [4.78, 5) is 5.27. The molecular weight excluding hydrogens is 160 g/mol. The van der Waals surface area contributed by atoms with Crippen LogP contribution in [0, 0.1) is 0 Å².